The maximum Gasteiger partial charge on any atom is 0.164 e. The molecule has 0 radical (unpaired) electrons. The highest BCUT2D eigenvalue weighted by Crippen LogP contribution is 2.25. The second kappa shape index (κ2) is 4.21. The molecule has 0 saturated heterocycles. The van der Waals surface area contributed by atoms with Crippen molar-refractivity contribution in [2.45, 2.75) is 52.5 Å². The second-order valence-corrected chi connectivity index (χ2v) is 4.43. The van der Waals surface area contributed by atoms with Crippen LogP contribution in [0, 0.1) is 6.92 Å². The van der Waals surface area contributed by atoms with Gasteiger partial charge < -0.3 is 4.57 Å². The summed E-state index contributed by atoms with van der Waals surface area (Å²) in [6, 6.07) is 2.08. The van der Waals surface area contributed by atoms with Gasteiger partial charge >= 0.3 is 0 Å². The number of hydrogen-bond donors (Lipinski definition) is 0. The topological polar surface area (TPSA) is 22.0 Å². The zero-order chi connectivity index (χ0) is 10.8. The number of unbranched alkanes of at least 4 members (excludes halogenated alkanes) is 1. The number of nitrogens with zero attached hydrogens (tertiary/aromatic N) is 1. The maximum atomic E-state index is 11.7. The van der Waals surface area contributed by atoms with Crippen molar-refractivity contribution in [3.8, 4) is 0 Å². The standard InChI is InChI=1S/C13H19NO/c1-3-4-8-14-10(2)9-11-12(14)6-5-7-13(11)15/h9H,3-8H2,1-2H3. The lowest BCUT2D eigenvalue weighted by atomic mass is 9.96. The number of rotatable bonds is 3. The molecule has 0 amide bonds. The van der Waals surface area contributed by atoms with Gasteiger partial charge in [-0.2, -0.15) is 0 Å². The van der Waals surface area contributed by atoms with Crippen LogP contribution in [0.3, 0.4) is 0 Å². The number of carbonyl (C=O) groups is 1. The van der Waals surface area contributed by atoms with Gasteiger partial charge in [-0.1, -0.05) is 13.3 Å². The molecule has 1 aliphatic carbocycles. The fraction of sp³-hybridized carbons (Fsp3) is 0.615. The fourth-order valence-corrected chi connectivity index (χ4v) is 2.42. The highest BCUT2D eigenvalue weighted by molar-refractivity contribution is 5.98. The van der Waals surface area contributed by atoms with Crippen molar-refractivity contribution in [2.75, 3.05) is 0 Å². The van der Waals surface area contributed by atoms with E-state index < -0.39 is 0 Å². The quantitative estimate of drug-likeness (QED) is 0.743. The number of Topliss-reactive ketones (excluding diaryl/α,β-unsaturated/α-hetero) is 1. The van der Waals surface area contributed by atoms with Crippen LogP contribution in [0.25, 0.3) is 0 Å². The highest BCUT2D eigenvalue weighted by atomic mass is 16.1. The summed E-state index contributed by atoms with van der Waals surface area (Å²) in [5, 5.41) is 0. The Hall–Kier alpha value is -1.05. The number of aromatic nitrogens is 1. The lowest BCUT2D eigenvalue weighted by Gasteiger charge is -2.15. The van der Waals surface area contributed by atoms with E-state index in [9.17, 15) is 4.79 Å². The van der Waals surface area contributed by atoms with Crippen molar-refractivity contribution < 1.29 is 4.79 Å². The van der Waals surface area contributed by atoms with Gasteiger partial charge in [0, 0.05) is 29.9 Å². The van der Waals surface area contributed by atoms with Crippen LogP contribution in [0.4, 0.5) is 0 Å². The van der Waals surface area contributed by atoms with E-state index in [-0.39, 0.29) is 0 Å². The summed E-state index contributed by atoms with van der Waals surface area (Å²) in [4.78, 5) is 11.7. The molecule has 0 unspecified atom stereocenters. The first-order valence-corrected chi connectivity index (χ1v) is 5.96. The molecule has 0 saturated carbocycles. The SMILES string of the molecule is CCCCn1c(C)cc2c1CCCC2=O. The summed E-state index contributed by atoms with van der Waals surface area (Å²) in [6.07, 6.45) is 5.26. The molecule has 0 aromatic carbocycles. The molecule has 0 atom stereocenters. The zero-order valence-electron chi connectivity index (χ0n) is 9.68. The minimum atomic E-state index is 0.342. The van der Waals surface area contributed by atoms with Crippen LogP contribution >= 0.6 is 0 Å². The van der Waals surface area contributed by atoms with Gasteiger partial charge in [0.25, 0.3) is 0 Å². The monoisotopic (exact) mass is 205 g/mol. The Bertz CT molecular complexity index is 376. The molecule has 0 aliphatic heterocycles. The predicted octanol–water partition coefficient (Wildman–Crippen LogP) is 3.12. The largest absolute Gasteiger partial charge is 0.348 e. The van der Waals surface area contributed by atoms with Crippen LogP contribution in [-0.2, 0) is 13.0 Å². The molecule has 2 rings (SSSR count). The lowest BCUT2D eigenvalue weighted by molar-refractivity contribution is 0.0971. The van der Waals surface area contributed by atoms with Crippen molar-refractivity contribution in [1.29, 1.82) is 0 Å². The molecule has 0 fully saturated rings. The fourth-order valence-electron chi connectivity index (χ4n) is 2.42. The molecular weight excluding hydrogens is 186 g/mol. The average Bonchev–Trinajstić information content (AvgIpc) is 2.54. The molecule has 1 aliphatic rings. The summed E-state index contributed by atoms with van der Waals surface area (Å²) in [5.74, 6) is 0.342. The Kier molecular flexibility index (Phi) is 2.94. The van der Waals surface area contributed by atoms with Crippen molar-refractivity contribution >= 4 is 5.78 Å². The second-order valence-electron chi connectivity index (χ2n) is 4.43. The van der Waals surface area contributed by atoms with Crippen LogP contribution in [0.1, 0.15) is 54.4 Å². The molecule has 0 bridgehead atoms. The van der Waals surface area contributed by atoms with Crippen molar-refractivity contribution in [3.63, 3.8) is 0 Å². The number of hydrogen-bond acceptors (Lipinski definition) is 1. The molecule has 1 heterocycles. The summed E-state index contributed by atoms with van der Waals surface area (Å²) >= 11 is 0. The van der Waals surface area contributed by atoms with E-state index in [1.54, 1.807) is 0 Å². The zero-order valence-corrected chi connectivity index (χ0v) is 9.68. The molecular formula is C13H19NO. The molecule has 2 heteroatoms. The third-order valence-corrected chi connectivity index (χ3v) is 3.27. The van der Waals surface area contributed by atoms with E-state index in [0.717, 1.165) is 31.4 Å². The van der Waals surface area contributed by atoms with Gasteiger partial charge in [-0.05, 0) is 32.3 Å². The smallest absolute Gasteiger partial charge is 0.164 e. The number of aryl methyl sites for hydroxylation is 1. The predicted molar refractivity (Wildman–Crippen MR) is 61.3 cm³/mol. The minimum absolute atomic E-state index is 0.342. The van der Waals surface area contributed by atoms with E-state index in [4.69, 9.17) is 0 Å². The first-order valence-electron chi connectivity index (χ1n) is 5.96. The van der Waals surface area contributed by atoms with Gasteiger partial charge in [-0.25, -0.2) is 0 Å². The van der Waals surface area contributed by atoms with Gasteiger partial charge in [-0.3, -0.25) is 4.79 Å². The average molecular weight is 205 g/mol. The van der Waals surface area contributed by atoms with Crippen molar-refractivity contribution in [2.24, 2.45) is 0 Å². The Labute approximate surface area is 91.3 Å². The molecule has 1 aromatic rings. The molecule has 1 aromatic heterocycles. The van der Waals surface area contributed by atoms with E-state index in [1.165, 1.54) is 24.2 Å². The van der Waals surface area contributed by atoms with Gasteiger partial charge in [0.05, 0.1) is 0 Å². The van der Waals surface area contributed by atoms with Crippen LogP contribution < -0.4 is 0 Å². The van der Waals surface area contributed by atoms with Crippen LogP contribution in [-0.4, -0.2) is 10.4 Å². The van der Waals surface area contributed by atoms with Gasteiger partial charge in [-0.15, -0.1) is 0 Å². The van der Waals surface area contributed by atoms with Crippen LogP contribution in [0.5, 0.6) is 0 Å². The molecule has 2 nitrogen and oxygen atoms in total. The third-order valence-electron chi connectivity index (χ3n) is 3.27. The molecule has 15 heavy (non-hydrogen) atoms. The Morgan fingerprint density at radius 1 is 1.40 bits per heavy atom. The number of carbonyl (C=O) groups excluding carboxylic acids is 1. The molecule has 0 spiro atoms. The van der Waals surface area contributed by atoms with E-state index in [1.807, 2.05) is 0 Å². The third kappa shape index (κ3) is 1.85. The summed E-state index contributed by atoms with van der Waals surface area (Å²) in [7, 11) is 0. The first-order chi connectivity index (χ1) is 7.24. The van der Waals surface area contributed by atoms with Gasteiger partial charge in [0.15, 0.2) is 5.78 Å². The van der Waals surface area contributed by atoms with Crippen molar-refractivity contribution in [3.05, 3.63) is 23.0 Å². The Balaban J connectivity index is 2.33. The van der Waals surface area contributed by atoms with E-state index in [0.29, 0.717) is 5.78 Å². The maximum absolute atomic E-state index is 11.7. The number of ketones is 1. The normalized spacial score (nSPS) is 15.5. The van der Waals surface area contributed by atoms with E-state index >= 15 is 0 Å². The van der Waals surface area contributed by atoms with E-state index in [2.05, 4.69) is 24.5 Å². The van der Waals surface area contributed by atoms with Gasteiger partial charge in [0.2, 0.25) is 0 Å². The Morgan fingerprint density at radius 2 is 2.20 bits per heavy atom. The van der Waals surface area contributed by atoms with Crippen LogP contribution in [0.2, 0.25) is 0 Å². The summed E-state index contributed by atoms with van der Waals surface area (Å²) in [6.45, 7) is 5.39. The highest BCUT2D eigenvalue weighted by Gasteiger charge is 2.21. The summed E-state index contributed by atoms with van der Waals surface area (Å²) in [5.41, 5.74) is 3.54. The minimum Gasteiger partial charge on any atom is -0.348 e. The van der Waals surface area contributed by atoms with Gasteiger partial charge in [0.1, 0.15) is 0 Å². The Morgan fingerprint density at radius 3 is 2.93 bits per heavy atom. The van der Waals surface area contributed by atoms with Crippen molar-refractivity contribution in [1.82, 2.24) is 4.57 Å². The van der Waals surface area contributed by atoms with Crippen LogP contribution in [0.15, 0.2) is 6.07 Å². The summed E-state index contributed by atoms with van der Waals surface area (Å²) < 4.78 is 2.34. The molecule has 0 N–H and O–H groups in total. The lowest BCUT2D eigenvalue weighted by Crippen LogP contribution is -2.13. The molecule has 82 valence electrons. The number of fused-ring (bicyclic) bond motifs is 1. The first kappa shape index (κ1) is 10.5.